The Hall–Kier alpha value is -1.55. The van der Waals surface area contributed by atoms with Crippen LogP contribution in [0.3, 0.4) is 0 Å². The Kier molecular flexibility index (Phi) is 6.21. The number of primary amides is 1. The van der Waals surface area contributed by atoms with Crippen LogP contribution in [0.25, 0.3) is 0 Å². The molecule has 0 aliphatic heterocycles. The first-order valence-electron chi connectivity index (χ1n) is 7.64. The van der Waals surface area contributed by atoms with Gasteiger partial charge in [-0.05, 0) is 68.9 Å². The molecular weight excluding hydrogens is 262 g/mol. The number of nitrogens with one attached hydrogen (secondary N) is 2. The number of amides is 1. The van der Waals surface area contributed by atoms with Crippen molar-refractivity contribution >= 4 is 11.6 Å². The maximum absolute atomic E-state index is 11.2. The van der Waals surface area contributed by atoms with Gasteiger partial charge in [-0.25, -0.2) is 0 Å². The van der Waals surface area contributed by atoms with E-state index >= 15 is 0 Å². The molecule has 1 atom stereocenters. The van der Waals surface area contributed by atoms with E-state index in [1.807, 2.05) is 6.92 Å². The van der Waals surface area contributed by atoms with Gasteiger partial charge in [-0.3, -0.25) is 4.79 Å². The summed E-state index contributed by atoms with van der Waals surface area (Å²) in [5, 5.41) is 6.68. The zero-order chi connectivity index (χ0) is 16.2. The van der Waals surface area contributed by atoms with Crippen LogP contribution in [0.1, 0.15) is 41.2 Å². The first-order valence-corrected chi connectivity index (χ1v) is 7.64. The van der Waals surface area contributed by atoms with Gasteiger partial charge in [-0.2, -0.15) is 0 Å². The van der Waals surface area contributed by atoms with Crippen LogP contribution in [0.5, 0.6) is 0 Å². The van der Waals surface area contributed by atoms with E-state index in [0.717, 1.165) is 13.0 Å². The molecular formula is C17H29N3O. The highest BCUT2D eigenvalue weighted by atomic mass is 16.1. The number of nitrogens with two attached hydrogens (primary N) is 1. The summed E-state index contributed by atoms with van der Waals surface area (Å²) >= 11 is 0. The van der Waals surface area contributed by atoms with Crippen LogP contribution >= 0.6 is 0 Å². The van der Waals surface area contributed by atoms with E-state index in [-0.39, 0.29) is 11.9 Å². The molecule has 1 rings (SSSR count). The second kappa shape index (κ2) is 7.46. The van der Waals surface area contributed by atoms with Crippen molar-refractivity contribution in [2.75, 3.05) is 18.4 Å². The third kappa shape index (κ3) is 3.97. The van der Waals surface area contributed by atoms with Crippen molar-refractivity contribution in [1.82, 2.24) is 5.32 Å². The predicted octanol–water partition coefficient (Wildman–Crippen LogP) is 2.49. The van der Waals surface area contributed by atoms with Crippen molar-refractivity contribution in [3.63, 3.8) is 0 Å². The third-order valence-corrected chi connectivity index (χ3v) is 4.57. The minimum Gasteiger partial charge on any atom is -0.383 e. The van der Waals surface area contributed by atoms with Gasteiger partial charge < -0.3 is 16.4 Å². The van der Waals surface area contributed by atoms with Crippen molar-refractivity contribution in [3.8, 4) is 0 Å². The fourth-order valence-corrected chi connectivity index (χ4v) is 2.65. The van der Waals surface area contributed by atoms with E-state index in [9.17, 15) is 4.79 Å². The highest BCUT2D eigenvalue weighted by Crippen LogP contribution is 2.29. The van der Waals surface area contributed by atoms with Gasteiger partial charge in [0.2, 0.25) is 5.91 Å². The smallest absolute Gasteiger partial charge is 0.234 e. The van der Waals surface area contributed by atoms with Crippen molar-refractivity contribution < 1.29 is 4.79 Å². The van der Waals surface area contributed by atoms with Crippen LogP contribution in [-0.2, 0) is 4.79 Å². The van der Waals surface area contributed by atoms with Gasteiger partial charge in [-0.1, -0.05) is 6.92 Å². The van der Waals surface area contributed by atoms with Crippen molar-refractivity contribution in [3.05, 3.63) is 27.8 Å². The molecule has 0 bridgehead atoms. The number of benzene rings is 1. The van der Waals surface area contributed by atoms with Gasteiger partial charge in [0.25, 0.3) is 0 Å². The van der Waals surface area contributed by atoms with E-state index in [1.165, 1.54) is 33.5 Å². The molecule has 118 valence electrons. The van der Waals surface area contributed by atoms with Crippen molar-refractivity contribution in [2.45, 2.75) is 54.0 Å². The zero-order valence-electron chi connectivity index (χ0n) is 14.2. The van der Waals surface area contributed by atoms with Crippen molar-refractivity contribution in [1.29, 1.82) is 0 Å². The van der Waals surface area contributed by atoms with Gasteiger partial charge in [0.05, 0.1) is 6.04 Å². The Balaban J connectivity index is 2.71. The summed E-state index contributed by atoms with van der Waals surface area (Å²) in [7, 11) is 0. The van der Waals surface area contributed by atoms with Crippen LogP contribution in [-0.4, -0.2) is 25.0 Å². The van der Waals surface area contributed by atoms with Crippen molar-refractivity contribution in [2.24, 2.45) is 5.73 Å². The molecule has 0 aliphatic rings. The van der Waals surface area contributed by atoms with Crippen LogP contribution in [0.15, 0.2) is 0 Å². The molecule has 4 N–H and O–H groups in total. The fraction of sp³-hybridized carbons (Fsp3) is 0.588. The number of rotatable bonds is 7. The van der Waals surface area contributed by atoms with E-state index in [2.05, 4.69) is 45.3 Å². The van der Waals surface area contributed by atoms with Crippen LogP contribution < -0.4 is 16.4 Å². The average molecular weight is 291 g/mol. The largest absolute Gasteiger partial charge is 0.383 e. The lowest BCUT2D eigenvalue weighted by Gasteiger charge is -2.20. The normalized spacial score (nSPS) is 12.3. The van der Waals surface area contributed by atoms with Gasteiger partial charge in [0.15, 0.2) is 0 Å². The average Bonchev–Trinajstić information content (AvgIpc) is 2.45. The zero-order valence-corrected chi connectivity index (χ0v) is 14.2. The maximum Gasteiger partial charge on any atom is 0.234 e. The summed E-state index contributed by atoms with van der Waals surface area (Å²) in [5.74, 6) is -0.285. The highest BCUT2D eigenvalue weighted by molar-refractivity contribution is 5.79. The van der Waals surface area contributed by atoms with Gasteiger partial charge in [-0.15, -0.1) is 0 Å². The monoisotopic (exact) mass is 291 g/mol. The fourth-order valence-electron chi connectivity index (χ4n) is 2.65. The Morgan fingerprint density at radius 2 is 1.43 bits per heavy atom. The lowest BCUT2D eigenvalue weighted by atomic mass is 9.93. The first kappa shape index (κ1) is 17.5. The van der Waals surface area contributed by atoms with E-state index in [1.54, 1.807) is 0 Å². The summed E-state index contributed by atoms with van der Waals surface area (Å²) in [6.45, 7) is 14.3. The Bertz CT molecular complexity index is 494. The number of anilines is 1. The van der Waals surface area contributed by atoms with Gasteiger partial charge in [0, 0.05) is 18.8 Å². The van der Waals surface area contributed by atoms with E-state index < -0.39 is 0 Å². The molecule has 0 saturated heterocycles. The minimum absolute atomic E-state index is 0.240. The van der Waals surface area contributed by atoms with Crippen LogP contribution in [0.4, 0.5) is 5.69 Å². The lowest BCUT2D eigenvalue weighted by Crippen LogP contribution is -2.42. The molecule has 0 heterocycles. The summed E-state index contributed by atoms with van der Waals surface area (Å²) in [6, 6.07) is -0.240. The van der Waals surface area contributed by atoms with Crippen LogP contribution in [0.2, 0.25) is 0 Å². The molecule has 4 heteroatoms. The summed E-state index contributed by atoms with van der Waals surface area (Å²) in [5.41, 5.74) is 13.2. The lowest BCUT2D eigenvalue weighted by molar-refractivity contribution is -0.120. The van der Waals surface area contributed by atoms with E-state index in [4.69, 9.17) is 5.73 Å². The quantitative estimate of drug-likeness (QED) is 0.676. The molecule has 0 aliphatic carbocycles. The molecule has 0 radical (unpaired) electrons. The maximum atomic E-state index is 11.2. The number of hydrogen-bond acceptors (Lipinski definition) is 3. The number of hydrogen-bond donors (Lipinski definition) is 3. The SMILES string of the molecule is CCC(NCCNc1c(C)c(C)c(C)c(C)c1C)C(N)=O. The molecule has 0 spiro atoms. The second-order valence-corrected chi connectivity index (χ2v) is 5.74. The molecule has 0 fully saturated rings. The molecule has 21 heavy (non-hydrogen) atoms. The molecule has 0 aromatic heterocycles. The predicted molar refractivity (Wildman–Crippen MR) is 89.9 cm³/mol. The topological polar surface area (TPSA) is 67.2 Å². The van der Waals surface area contributed by atoms with Crippen LogP contribution in [0, 0.1) is 34.6 Å². The van der Waals surface area contributed by atoms with Gasteiger partial charge >= 0.3 is 0 Å². The first-order chi connectivity index (χ1) is 9.81. The summed E-state index contributed by atoms with van der Waals surface area (Å²) in [4.78, 5) is 11.2. The number of carbonyl (C=O) groups is 1. The highest BCUT2D eigenvalue weighted by Gasteiger charge is 2.13. The Morgan fingerprint density at radius 3 is 1.86 bits per heavy atom. The Labute approximate surface area is 128 Å². The standard InChI is InChI=1S/C17H29N3O/c1-7-15(17(18)21)19-8-9-20-16-13(5)11(3)10(2)12(4)14(16)6/h15,19-20H,7-9H2,1-6H3,(H2,18,21). The molecule has 1 amide bonds. The molecule has 0 saturated carbocycles. The summed E-state index contributed by atoms with van der Waals surface area (Å²) < 4.78 is 0. The summed E-state index contributed by atoms with van der Waals surface area (Å²) in [6.07, 6.45) is 0.718. The Morgan fingerprint density at radius 1 is 0.952 bits per heavy atom. The van der Waals surface area contributed by atoms with Gasteiger partial charge in [0.1, 0.15) is 0 Å². The van der Waals surface area contributed by atoms with E-state index in [0.29, 0.717) is 6.54 Å². The minimum atomic E-state index is -0.285. The second-order valence-electron chi connectivity index (χ2n) is 5.74. The molecule has 1 unspecified atom stereocenters. The molecule has 4 nitrogen and oxygen atoms in total. The molecule has 1 aromatic carbocycles. The third-order valence-electron chi connectivity index (χ3n) is 4.57. The molecule has 1 aromatic rings. The number of carbonyl (C=O) groups excluding carboxylic acids is 1.